The molecule has 2 rings (SSSR count). The largest absolute Gasteiger partial charge is 0.383 e. The summed E-state index contributed by atoms with van der Waals surface area (Å²) in [5.41, 5.74) is 1.65. The molecule has 0 saturated heterocycles. The van der Waals surface area contributed by atoms with E-state index in [1.165, 1.54) is 0 Å². The highest BCUT2D eigenvalue weighted by molar-refractivity contribution is 5.95. The molecule has 0 aromatic carbocycles. The van der Waals surface area contributed by atoms with Crippen LogP contribution in [0, 0.1) is 0 Å². The molecule has 110 valence electrons. The maximum atomic E-state index is 12.7. The summed E-state index contributed by atoms with van der Waals surface area (Å²) in [6.45, 7) is 3.27. The van der Waals surface area contributed by atoms with Gasteiger partial charge in [-0.25, -0.2) is 4.98 Å². The molecular formula is C15H23N3O2. The number of aryl methyl sites for hydroxylation is 1. The van der Waals surface area contributed by atoms with Gasteiger partial charge in [-0.1, -0.05) is 6.92 Å². The third kappa shape index (κ3) is 3.48. The van der Waals surface area contributed by atoms with E-state index in [0.717, 1.165) is 30.8 Å². The van der Waals surface area contributed by atoms with Gasteiger partial charge in [0.05, 0.1) is 6.61 Å². The molecule has 0 bridgehead atoms. The fourth-order valence-electron chi connectivity index (χ4n) is 2.21. The number of carbonyl (C=O) groups excluding carboxylic acids is 1. The molecule has 1 aromatic heterocycles. The molecule has 1 amide bonds. The summed E-state index contributed by atoms with van der Waals surface area (Å²) in [6.07, 6.45) is 3.01. The molecule has 1 aliphatic rings. The van der Waals surface area contributed by atoms with Crippen LogP contribution >= 0.6 is 0 Å². The number of methoxy groups -OCH3 is 1. The maximum absolute atomic E-state index is 12.7. The lowest BCUT2D eigenvalue weighted by Crippen LogP contribution is -2.36. The molecular weight excluding hydrogens is 254 g/mol. The molecule has 1 heterocycles. The van der Waals surface area contributed by atoms with Crippen molar-refractivity contribution in [2.75, 3.05) is 32.6 Å². The van der Waals surface area contributed by atoms with E-state index in [2.05, 4.69) is 10.3 Å². The molecule has 0 aliphatic heterocycles. The summed E-state index contributed by atoms with van der Waals surface area (Å²) < 4.78 is 5.11. The maximum Gasteiger partial charge on any atom is 0.254 e. The second-order valence-corrected chi connectivity index (χ2v) is 5.06. The lowest BCUT2D eigenvalue weighted by molar-refractivity contribution is 0.0680. The van der Waals surface area contributed by atoms with E-state index in [0.29, 0.717) is 24.8 Å². The fraction of sp³-hybridized carbons (Fsp3) is 0.600. The first-order chi connectivity index (χ1) is 9.69. The smallest absolute Gasteiger partial charge is 0.254 e. The van der Waals surface area contributed by atoms with Crippen molar-refractivity contribution in [3.05, 3.63) is 23.4 Å². The average Bonchev–Trinajstić information content (AvgIpc) is 3.31. The zero-order chi connectivity index (χ0) is 14.5. The van der Waals surface area contributed by atoms with Crippen LogP contribution in [0.25, 0.3) is 0 Å². The van der Waals surface area contributed by atoms with E-state index < -0.39 is 0 Å². The summed E-state index contributed by atoms with van der Waals surface area (Å²) in [4.78, 5) is 19.0. The standard InChI is InChI=1S/C15H23N3O2/c1-4-12-9-11(10-14(16-2)17-12)15(19)18(7-8-20-3)13-5-6-13/h9-10,13H,4-8H2,1-3H3,(H,16,17). The number of rotatable bonds is 7. The Morgan fingerprint density at radius 2 is 2.25 bits per heavy atom. The van der Waals surface area contributed by atoms with Crippen molar-refractivity contribution in [3.63, 3.8) is 0 Å². The number of nitrogens with zero attached hydrogens (tertiary/aromatic N) is 2. The molecule has 0 radical (unpaired) electrons. The minimum atomic E-state index is 0.0816. The number of anilines is 1. The highest BCUT2D eigenvalue weighted by Crippen LogP contribution is 2.28. The van der Waals surface area contributed by atoms with Gasteiger partial charge in [0.25, 0.3) is 5.91 Å². The second-order valence-electron chi connectivity index (χ2n) is 5.06. The minimum absolute atomic E-state index is 0.0816. The number of nitrogens with one attached hydrogen (secondary N) is 1. The van der Waals surface area contributed by atoms with Crippen LogP contribution in [-0.2, 0) is 11.2 Å². The van der Waals surface area contributed by atoms with Gasteiger partial charge < -0.3 is 15.0 Å². The van der Waals surface area contributed by atoms with Gasteiger partial charge in [0.15, 0.2) is 0 Å². The molecule has 1 aromatic rings. The molecule has 5 heteroatoms. The zero-order valence-corrected chi connectivity index (χ0v) is 12.5. The van der Waals surface area contributed by atoms with Crippen LogP contribution < -0.4 is 5.32 Å². The predicted octanol–water partition coefficient (Wildman–Crippen LogP) is 1.94. The summed E-state index contributed by atoms with van der Waals surface area (Å²) >= 11 is 0. The van der Waals surface area contributed by atoms with Crippen molar-refractivity contribution in [1.82, 2.24) is 9.88 Å². The summed E-state index contributed by atoms with van der Waals surface area (Å²) in [6, 6.07) is 4.10. The van der Waals surface area contributed by atoms with Gasteiger partial charge in [-0.2, -0.15) is 0 Å². The lowest BCUT2D eigenvalue weighted by Gasteiger charge is -2.22. The van der Waals surface area contributed by atoms with Crippen molar-refractivity contribution in [3.8, 4) is 0 Å². The van der Waals surface area contributed by atoms with Gasteiger partial charge in [-0.15, -0.1) is 0 Å². The van der Waals surface area contributed by atoms with Crippen molar-refractivity contribution in [1.29, 1.82) is 0 Å². The van der Waals surface area contributed by atoms with E-state index in [9.17, 15) is 4.79 Å². The van der Waals surface area contributed by atoms with Crippen LogP contribution in [-0.4, -0.2) is 49.1 Å². The van der Waals surface area contributed by atoms with E-state index in [1.807, 2.05) is 31.0 Å². The predicted molar refractivity (Wildman–Crippen MR) is 79.1 cm³/mol. The fourth-order valence-corrected chi connectivity index (χ4v) is 2.21. The molecule has 20 heavy (non-hydrogen) atoms. The third-order valence-electron chi connectivity index (χ3n) is 3.53. The molecule has 5 nitrogen and oxygen atoms in total. The van der Waals surface area contributed by atoms with E-state index in [1.54, 1.807) is 7.11 Å². The number of hydrogen-bond acceptors (Lipinski definition) is 4. The minimum Gasteiger partial charge on any atom is -0.383 e. The van der Waals surface area contributed by atoms with Crippen LogP contribution in [0.15, 0.2) is 12.1 Å². The Labute approximate surface area is 120 Å². The average molecular weight is 277 g/mol. The number of amides is 1. The normalized spacial score (nSPS) is 14.2. The Balaban J connectivity index is 2.21. The van der Waals surface area contributed by atoms with Crippen LogP contribution in [0.5, 0.6) is 0 Å². The van der Waals surface area contributed by atoms with Crippen molar-refractivity contribution in [2.45, 2.75) is 32.2 Å². The third-order valence-corrected chi connectivity index (χ3v) is 3.53. The van der Waals surface area contributed by atoms with E-state index >= 15 is 0 Å². The van der Waals surface area contributed by atoms with E-state index in [-0.39, 0.29) is 5.91 Å². The monoisotopic (exact) mass is 277 g/mol. The van der Waals surface area contributed by atoms with Crippen LogP contribution in [0.2, 0.25) is 0 Å². The molecule has 1 N–H and O–H groups in total. The van der Waals surface area contributed by atoms with Crippen LogP contribution in [0.1, 0.15) is 35.8 Å². The first-order valence-corrected chi connectivity index (χ1v) is 7.18. The van der Waals surface area contributed by atoms with Gasteiger partial charge in [-0.3, -0.25) is 4.79 Å². The van der Waals surface area contributed by atoms with Gasteiger partial charge in [0.2, 0.25) is 0 Å². The lowest BCUT2D eigenvalue weighted by atomic mass is 10.1. The zero-order valence-electron chi connectivity index (χ0n) is 12.5. The molecule has 1 saturated carbocycles. The van der Waals surface area contributed by atoms with E-state index in [4.69, 9.17) is 4.74 Å². The van der Waals surface area contributed by atoms with Crippen molar-refractivity contribution < 1.29 is 9.53 Å². The van der Waals surface area contributed by atoms with Crippen LogP contribution in [0.3, 0.4) is 0 Å². The topological polar surface area (TPSA) is 54.5 Å². The molecule has 1 fully saturated rings. The summed E-state index contributed by atoms with van der Waals surface area (Å²) in [7, 11) is 3.48. The number of pyridine rings is 1. The Morgan fingerprint density at radius 1 is 1.50 bits per heavy atom. The first-order valence-electron chi connectivity index (χ1n) is 7.18. The quantitative estimate of drug-likeness (QED) is 0.827. The number of carbonyl (C=O) groups is 1. The highest BCUT2D eigenvalue weighted by Gasteiger charge is 2.32. The molecule has 0 atom stereocenters. The van der Waals surface area contributed by atoms with Gasteiger partial charge in [-0.05, 0) is 31.4 Å². The molecule has 1 aliphatic carbocycles. The SMILES string of the molecule is CCc1cc(C(=O)N(CCOC)C2CC2)cc(NC)n1. The van der Waals surface area contributed by atoms with Gasteiger partial charge >= 0.3 is 0 Å². The van der Waals surface area contributed by atoms with Crippen molar-refractivity contribution in [2.24, 2.45) is 0 Å². The highest BCUT2D eigenvalue weighted by atomic mass is 16.5. The Morgan fingerprint density at radius 3 is 2.80 bits per heavy atom. The Bertz CT molecular complexity index is 450. The Hall–Kier alpha value is -1.62. The molecule has 0 unspecified atom stereocenters. The summed E-state index contributed by atoms with van der Waals surface area (Å²) in [5, 5.41) is 3.02. The number of ether oxygens (including phenoxy) is 1. The van der Waals surface area contributed by atoms with Crippen LogP contribution in [0.4, 0.5) is 5.82 Å². The number of hydrogen-bond donors (Lipinski definition) is 1. The second kappa shape index (κ2) is 6.70. The summed E-state index contributed by atoms with van der Waals surface area (Å²) in [5.74, 6) is 0.827. The molecule has 0 spiro atoms. The first kappa shape index (κ1) is 14.8. The van der Waals surface area contributed by atoms with Gasteiger partial charge in [0.1, 0.15) is 5.82 Å². The van der Waals surface area contributed by atoms with Crippen molar-refractivity contribution >= 4 is 11.7 Å². The van der Waals surface area contributed by atoms with Gasteiger partial charge in [0, 0.05) is 38.0 Å². The Kier molecular flexibility index (Phi) is 4.95. The number of aromatic nitrogens is 1.